The Hall–Kier alpha value is -1.40. The van der Waals surface area contributed by atoms with Crippen LogP contribution in [0.5, 0.6) is 0 Å². The molecule has 6 nitrogen and oxygen atoms in total. The summed E-state index contributed by atoms with van der Waals surface area (Å²) in [6.45, 7) is 4.97. The van der Waals surface area contributed by atoms with E-state index in [9.17, 15) is 19.8 Å². The normalized spacial score (nSPS) is 12.5. The van der Waals surface area contributed by atoms with Gasteiger partial charge in [0.25, 0.3) is 0 Å². The smallest absolute Gasteiger partial charge is 0.305 e. The van der Waals surface area contributed by atoms with Crippen molar-refractivity contribution in [3.8, 4) is 0 Å². The summed E-state index contributed by atoms with van der Waals surface area (Å²) in [5.74, 6) is -0.0115. The molecule has 0 aromatic heterocycles. The highest BCUT2D eigenvalue weighted by molar-refractivity contribution is 5.76. The molecule has 0 bridgehead atoms. The van der Waals surface area contributed by atoms with Gasteiger partial charge in [-0.3, -0.25) is 9.59 Å². The number of amides is 1. The second-order valence-corrected chi connectivity index (χ2v) is 25.6. The number of carbonyl (C=O) groups excluding carboxylic acids is 2. The zero-order chi connectivity index (χ0) is 57.8. The lowest BCUT2D eigenvalue weighted by Crippen LogP contribution is -2.45. The van der Waals surface area contributed by atoms with Crippen molar-refractivity contribution in [2.24, 2.45) is 0 Å². The number of ether oxygens (including phenoxy) is 1. The van der Waals surface area contributed by atoms with Crippen LogP contribution in [-0.2, 0) is 14.3 Å². The molecule has 0 aromatic carbocycles. The molecule has 80 heavy (non-hydrogen) atoms. The van der Waals surface area contributed by atoms with E-state index in [1.165, 1.54) is 347 Å². The fourth-order valence-corrected chi connectivity index (χ4v) is 11.9. The van der Waals surface area contributed by atoms with Gasteiger partial charge in [-0.25, -0.2) is 0 Å². The predicted molar refractivity (Wildman–Crippen MR) is 352 cm³/mol. The first kappa shape index (κ1) is 78.6. The molecule has 0 aliphatic heterocycles. The topological polar surface area (TPSA) is 95.9 Å². The zero-order valence-corrected chi connectivity index (χ0v) is 54.6. The lowest BCUT2D eigenvalue weighted by molar-refractivity contribution is -0.143. The highest BCUT2D eigenvalue weighted by Gasteiger charge is 2.20. The third-order valence-corrected chi connectivity index (χ3v) is 17.6. The first-order valence-electron chi connectivity index (χ1n) is 36.9. The van der Waals surface area contributed by atoms with E-state index in [1.54, 1.807) is 0 Å². The van der Waals surface area contributed by atoms with Gasteiger partial charge in [0.1, 0.15) is 0 Å². The molecule has 0 heterocycles. The molecule has 1 amide bonds. The molecular weight excluding hydrogens is 983 g/mol. The summed E-state index contributed by atoms with van der Waals surface area (Å²) in [6, 6.07) is -0.535. The summed E-state index contributed by atoms with van der Waals surface area (Å²) in [7, 11) is 0. The van der Waals surface area contributed by atoms with Gasteiger partial charge in [0.05, 0.1) is 25.4 Å². The molecule has 476 valence electrons. The van der Waals surface area contributed by atoms with Crippen LogP contribution in [0.4, 0.5) is 0 Å². The van der Waals surface area contributed by atoms with Crippen molar-refractivity contribution < 1.29 is 24.5 Å². The Morgan fingerprint density at radius 1 is 0.338 bits per heavy atom. The Bertz CT molecular complexity index is 1210. The molecule has 0 aliphatic carbocycles. The highest BCUT2D eigenvalue weighted by atomic mass is 16.5. The molecule has 0 saturated heterocycles. The number of nitrogens with one attached hydrogen (secondary N) is 1. The van der Waals surface area contributed by atoms with Gasteiger partial charge in [-0.05, 0) is 51.4 Å². The monoisotopic (exact) mass is 1130 g/mol. The van der Waals surface area contributed by atoms with Gasteiger partial charge in [-0.1, -0.05) is 373 Å². The molecule has 0 saturated carbocycles. The fourth-order valence-electron chi connectivity index (χ4n) is 11.9. The van der Waals surface area contributed by atoms with E-state index in [-0.39, 0.29) is 18.5 Å². The zero-order valence-electron chi connectivity index (χ0n) is 54.6. The minimum absolute atomic E-state index is 0.0156. The van der Waals surface area contributed by atoms with E-state index in [4.69, 9.17) is 4.74 Å². The molecule has 0 aromatic rings. The van der Waals surface area contributed by atoms with Crippen molar-refractivity contribution in [3.63, 3.8) is 0 Å². The number of allylic oxidation sites excluding steroid dienone is 2. The summed E-state index contributed by atoms with van der Waals surface area (Å²) in [5.41, 5.74) is 0. The van der Waals surface area contributed by atoms with Gasteiger partial charge in [-0.15, -0.1) is 0 Å². The van der Waals surface area contributed by atoms with Crippen LogP contribution in [-0.4, -0.2) is 47.4 Å². The van der Waals surface area contributed by atoms with E-state index in [0.717, 1.165) is 44.9 Å². The maximum absolute atomic E-state index is 12.5. The van der Waals surface area contributed by atoms with Crippen LogP contribution < -0.4 is 5.32 Å². The lowest BCUT2D eigenvalue weighted by Gasteiger charge is -2.22. The highest BCUT2D eigenvalue weighted by Crippen LogP contribution is 2.20. The number of hydrogen-bond acceptors (Lipinski definition) is 5. The molecule has 2 unspecified atom stereocenters. The van der Waals surface area contributed by atoms with Crippen LogP contribution in [0, 0.1) is 0 Å². The Morgan fingerprint density at radius 3 is 0.887 bits per heavy atom. The Morgan fingerprint density at radius 2 is 0.588 bits per heavy atom. The van der Waals surface area contributed by atoms with Gasteiger partial charge in [-0.2, -0.15) is 0 Å². The average Bonchev–Trinajstić information content (AvgIpc) is 3.46. The molecule has 0 spiro atoms. The minimum atomic E-state index is -0.658. The second-order valence-electron chi connectivity index (χ2n) is 25.6. The van der Waals surface area contributed by atoms with Crippen LogP contribution in [0.15, 0.2) is 12.2 Å². The Kier molecular flexibility index (Phi) is 68.9. The number of carbonyl (C=O) groups is 2. The summed E-state index contributed by atoms with van der Waals surface area (Å²) in [6.07, 6.45) is 87.3. The van der Waals surface area contributed by atoms with Gasteiger partial charge >= 0.3 is 5.97 Å². The number of hydrogen-bond donors (Lipinski definition) is 3. The number of rotatable bonds is 70. The largest absolute Gasteiger partial charge is 0.466 e. The molecule has 3 N–H and O–H groups in total. The first-order valence-corrected chi connectivity index (χ1v) is 36.9. The lowest BCUT2D eigenvalue weighted by atomic mass is 10.0. The predicted octanol–water partition coefficient (Wildman–Crippen LogP) is 23.9. The summed E-state index contributed by atoms with van der Waals surface area (Å²) in [5, 5.41) is 23.3. The molecule has 0 radical (unpaired) electrons. The van der Waals surface area contributed by atoms with E-state index < -0.39 is 12.1 Å². The molecule has 0 rings (SSSR count). The van der Waals surface area contributed by atoms with Gasteiger partial charge in [0, 0.05) is 12.8 Å². The summed E-state index contributed by atoms with van der Waals surface area (Å²) >= 11 is 0. The second kappa shape index (κ2) is 70.1. The van der Waals surface area contributed by atoms with Crippen LogP contribution in [0.25, 0.3) is 0 Å². The number of aliphatic hydroxyl groups excluding tert-OH is 2. The van der Waals surface area contributed by atoms with Crippen molar-refractivity contribution >= 4 is 11.9 Å². The molecular formula is C74H145NO5. The third kappa shape index (κ3) is 65.7. The Labute approximate surface area is 501 Å². The number of aliphatic hydroxyl groups is 2. The van der Waals surface area contributed by atoms with Crippen molar-refractivity contribution in [2.75, 3.05) is 13.2 Å². The van der Waals surface area contributed by atoms with Crippen LogP contribution in [0.3, 0.4) is 0 Å². The fraction of sp³-hybridized carbons (Fsp3) is 0.946. The van der Waals surface area contributed by atoms with Gasteiger partial charge in [0.15, 0.2) is 0 Å². The number of esters is 1. The quantitative estimate of drug-likeness (QED) is 0.0320. The van der Waals surface area contributed by atoms with Crippen molar-refractivity contribution in [1.29, 1.82) is 0 Å². The summed E-state index contributed by atoms with van der Waals surface area (Å²) < 4.78 is 5.49. The molecule has 6 heteroatoms. The van der Waals surface area contributed by atoms with Gasteiger partial charge in [0.2, 0.25) is 5.91 Å². The van der Waals surface area contributed by atoms with E-state index in [0.29, 0.717) is 25.9 Å². The average molecular weight is 1130 g/mol. The van der Waals surface area contributed by atoms with Crippen LogP contribution in [0.2, 0.25) is 0 Å². The molecule has 2 atom stereocenters. The van der Waals surface area contributed by atoms with Crippen molar-refractivity contribution in [1.82, 2.24) is 5.32 Å². The molecule has 0 aliphatic rings. The summed E-state index contributed by atoms with van der Waals surface area (Å²) in [4.78, 5) is 24.5. The number of unbranched alkanes of at least 4 members (excludes halogenated alkanes) is 57. The SMILES string of the molecule is CCCCCCC/C=C\CCCCCCCC(=O)OCCCCCCCCCCCCCCCCCCCCCCCCCCCCCCCCCCCCCCCC(=O)NC(CO)C(O)CCCCCCCCCCCCCC. The maximum atomic E-state index is 12.5. The van der Waals surface area contributed by atoms with Crippen LogP contribution in [0.1, 0.15) is 425 Å². The van der Waals surface area contributed by atoms with Crippen molar-refractivity contribution in [2.45, 2.75) is 437 Å². The Balaban J connectivity index is 3.27. The third-order valence-electron chi connectivity index (χ3n) is 17.6. The molecule has 0 fully saturated rings. The van der Waals surface area contributed by atoms with E-state index in [2.05, 4.69) is 31.3 Å². The standard InChI is InChI=1S/C74H145NO5/c1-3-5-7-9-11-13-15-17-44-48-52-56-60-64-68-74(79)80-69-65-61-57-53-49-45-42-40-38-36-34-32-30-28-26-24-22-20-18-19-21-23-25-27-29-31-33-35-37-39-41-43-47-51-55-59-63-67-73(78)75-71(70-76)72(77)66-62-58-54-50-46-16-14-12-10-8-6-4-2/h15,17,71-72,76-77H,3-14,16,18-70H2,1-2H3,(H,75,78)/b17-15-. The van der Waals surface area contributed by atoms with Gasteiger partial charge < -0.3 is 20.3 Å². The maximum Gasteiger partial charge on any atom is 0.305 e. The van der Waals surface area contributed by atoms with E-state index >= 15 is 0 Å². The first-order chi connectivity index (χ1) is 39.5. The minimum Gasteiger partial charge on any atom is -0.466 e. The van der Waals surface area contributed by atoms with Crippen molar-refractivity contribution in [3.05, 3.63) is 12.2 Å². The van der Waals surface area contributed by atoms with Crippen LogP contribution >= 0.6 is 0 Å². The van der Waals surface area contributed by atoms with E-state index in [1.807, 2.05) is 0 Å².